The Morgan fingerprint density at radius 3 is 2.50 bits per heavy atom. The van der Waals surface area contributed by atoms with E-state index in [9.17, 15) is 0 Å². The molecule has 0 bridgehead atoms. The summed E-state index contributed by atoms with van der Waals surface area (Å²) in [6.45, 7) is 5.20. The van der Waals surface area contributed by atoms with Crippen LogP contribution in [0.5, 0.6) is 0 Å². The van der Waals surface area contributed by atoms with E-state index in [1.54, 1.807) is 12.4 Å². The van der Waals surface area contributed by atoms with E-state index in [1.807, 2.05) is 6.07 Å². The number of aromatic nitrogens is 2. The Morgan fingerprint density at radius 2 is 1.80 bits per heavy atom. The average molecular weight is 270 g/mol. The monoisotopic (exact) mass is 270 g/mol. The van der Waals surface area contributed by atoms with Crippen LogP contribution in [-0.4, -0.2) is 16.5 Å². The van der Waals surface area contributed by atoms with Crippen molar-refractivity contribution >= 4 is 11.6 Å². The summed E-state index contributed by atoms with van der Waals surface area (Å²) in [4.78, 5) is 8.77. The van der Waals surface area contributed by atoms with E-state index >= 15 is 0 Å². The highest BCUT2D eigenvalue weighted by Crippen LogP contribution is 2.21. The summed E-state index contributed by atoms with van der Waals surface area (Å²) in [5.74, 6) is 1.63. The Hall–Kier alpha value is -2.10. The van der Waals surface area contributed by atoms with Crippen molar-refractivity contribution in [2.24, 2.45) is 0 Å². The van der Waals surface area contributed by atoms with Gasteiger partial charge in [-0.25, -0.2) is 4.98 Å². The Morgan fingerprint density at radius 1 is 1.05 bits per heavy atom. The van der Waals surface area contributed by atoms with E-state index in [2.05, 4.69) is 58.7 Å². The Bertz CT molecular complexity index is 513. The molecule has 2 aromatic rings. The summed E-state index contributed by atoms with van der Waals surface area (Å²) in [6, 6.07) is 10.7. The predicted molar refractivity (Wildman–Crippen MR) is 83.9 cm³/mol. The maximum Gasteiger partial charge on any atom is 0.147 e. The standard InChI is InChI=1S/C16H22N4/c1-3-10-18-15-11-17-12-16(20-15)19-14(4-2)13-8-6-5-7-9-13/h5-9,11-12,14H,3-4,10H2,1-2H3,(H2,18,19,20). The van der Waals surface area contributed by atoms with Crippen LogP contribution < -0.4 is 10.6 Å². The number of hydrogen-bond acceptors (Lipinski definition) is 4. The SMILES string of the molecule is CCCNc1cncc(NC(CC)c2ccccc2)n1. The minimum Gasteiger partial charge on any atom is -0.369 e. The Kier molecular flexibility index (Phi) is 5.35. The fourth-order valence-corrected chi connectivity index (χ4v) is 2.06. The van der Waals surface area contributed by atoms with Gasteiger partial charge in [-0.1, -0.05) is 44.2 Å². The second kappa shape index (κ2) is 7.48. The van der Waals surface area contributed by atoms with Crippen LogP contribution in [0.15, 0.2) is 42.7 Å². The topological polar surface area (TPSA) is 49.8 Å². The first-order chi connectivity index (χ1) is 9.83. The summed E-state index contributed by atoms with van der Waals surface area (Å²) in [6.07, 6.45) is 5.59. The lowest BCUT2D eigenvalue weighted by Crippen LogP contribution is -2.12. The van der Waals surface area contributed by atoms with Crippen LogP contribution in [0.4, 0.5) is 11.6 Å². The van der Waals surface area contributed by atoms with Crippen molar-refractivity contribution in [1.29, 1.82) is 0 Å². The van der Waals surface area contributed by atoms with E-state index in [0.29, 0.717) is 0 Å². The molecule has 106 valence electrons. The zero-order valence-electron chi connectivity index (χ0n) is 12.1. The lowest BCUT2D eigenvalue weighted by molar-refractivity contribution is 0.743. The molecule has 0 spiro atoms. The molecule has 1 unspecified atom stereocenters. The second-order valence-electron chi connectivity index (χ2n) is 4.73. The fourth-order valence-electron chi connectivity index (χ4n) is 2.06. The number of nitrogens with one attached hydrogen (secondary N) is 2. The van der Waals surface area contributed by atoms with Crippen molar-refractivity contribution in [3.05, 3.63) is 48.3 Å². The lowest BCUT2D eigenvalue weighted by atomic mass is 10.1. The second-order valence-corrected chi connectivity index (χ2v) is 4.73. The van der Waals surface area contributed by atoms with Gasteiger partial charge in [0.05, 0.1) is 18.4 Å². The third kappa shape index (κ3) is 3.95. The van der Waals surface area contributed by atoms with E-state index in [4.69, 9.17) is 0 Å². The van der Waals surface area contributed by atoms with Gasteiger partial charge >= 0.3 is 0 Å². The summed E-state index contributed by atoms with van der Waals surface area (Å²) in [5.41, 5.74) is 1.27. The molecule has 1 atom stereocenters. The maximum atomic E-state index is 4.54. The van der Waals surface area contributed by atoms with Gasteiger partial charge in [-0.15, -0.1) is 0 Å². The first-order valence-corrected chi connectivity index (χ1v) is 7.21. The summed E-state index contributed by atoms with van der Waals surface area (Å²) in [5, 5.41) is 6.70. The van der Waals surface area contributed by atoms with Gasteiger partial charge in [0.25, 0.3) is 0 Å². The molecule has 4 heteroatoms. The third-order valence-corrected chi connectivity index (χ3v) is 3.12. The first kappa shape index (κ1) is 14.3. The maximum absolute atomic E-state index is 4.54. The molecular weight excluding hydrogens is 248 g/mol. The van der Waals surface area contributed by atoms with Gasteiger partial charge in [0, 0.05) is 6.54 Å². The fraction of sp³-hybridized carbons (Fsp3) is 0.375. The molecule has 2 N–H and O–H groups in total. The molecule has 1 aromatic carbocycles. The Labute approximate surface area is 120 Å². The van der Waals surface area contributed by atoms with Crippen molar-refractivity contribution in [3.8, 4) is 0 Å². The molecule has 0 fully saturated rings. The normalized spacial score (nSPS) is 11.9. The minimum absolute atomic E-state index is 0.256. The molecule has 0 aliphatic carbocycles. The van der Waals surface area contributed by atoms with Crippen molar-refractivity contribution in [1.82, 2.24) is 9.97 Å². The molecule has 4 nitrogen and oxygen atoms in total. The van der Waals surface area contributed by atoms with Gasteiger partial charge in [-0.3, -0.25) is 4.98 Å². The van der Waals surface area contributed by atoms with Gasteiger partial charge in [-0.05, 0) is 18.4 Å². The third-order valence-electron chi connectivity index (χ3n) is 3.12. The molecule has 0 aliphatic heterocycles. The molecule has 0 saturated heterocycles. The molecule has 2 rings (SSSR count). The minimum atomic E-state index is 0.256. The van der Waals surface area contributed by atoms with Crippen LogP contribution in [0.3, 0.4) is 0 Å². The summed E-state index contributed by atoms with van der Waals surface area (Å²) in [7, 11) is 0. The van der Waals surface area contributed by atoms with Crippen LogP contribution in [0.25, 0.3) is 0 Å². The van der Waals surface area contributed by atoms with Crippen LogP contribution in [0, 0.1) is 0 Å². The molecule has 0 amide bonds. The molecule has 20 heavy (non-hydrogen) atoms. The van der Waals surface area contributed by atoms with E-state index < -0.39 is 0 Å². The number of nitrogens with zero attached hydrogens (tertiary/aromatic N) is 2. The highest BCUT2D eigenvalue weighted by atomic mass is 15.1. The van der Waals surface area contributed by atoms with Gasteiger partial charge in [-0.2, -0.15) is 0 Å². The molecule has 0 saturated carbocycles. The molecular formula is C16H22N4. The number of anilines is 2. The van der Waals surface area contributed by atoms with Crippen LogP contribution in [-0.2, 0) is 0 Å². The van der Waals surface area contributed by atoms with E-state index in [-0.39, 0.29) is 6.04 Å². The van der Waals surface area contributed by atoms with Crippen molar-refractivity contribution in [2.45, 2.75) is 32.7 Å². The van der Waals surface area contributed by atoms with Gasteiger partial charge in [0.15, 0.2) is 0 Å². The van der Waals surface area contributed by atoms with Gasteiger partial charge in [0.1, 0.15) is 11.6 Å². The lowest BCUT2D eigenvalue weighted by Gasteiger charge is -2.18. The largest absolute Gasteiger partial charge is 0.369 e. The predicted octanol–water partition coefficient (Wildman–Crippen LogP) is 3.86. The van der Waals surface area contributed by atoms with Crippen LogP contribution in [0.2, 0.25) is 0 Å². The smallest absolute Gasteiger partial charge is 0.147 e. The van der Waals surface area contributed by atoms with Crippen molar-refractivity contribution < 1.29 is 0 Å². The quantitative estimate of drug-likeness (QED) is 0.802. The van der Waals surface area contributed by atoms with Gasteiger partial charge in [0.2, 0.25) is 0 Å². The highest BCUT2D eigenvalue weighted by molar-refractivity contribution is 5.43. The van der Waals surface area contributed by atoms with Crippen molar-refractivity contribution in [2.75, 3.05) is 17.2 Å². The van der Waals surface area contributed by atoms with Gasteiger partial charge < -0.3 is 10.6 Å². The Balaban J connectivity index is 2.07. The average Bonchev–Trinajstić information content (AvgIpc) is 2.52. The van der Waals surface area contributed by atoms with Crippen LogP contribution >= 0.6 is 0 Å². The number of benzene rings is 1. The van der Waals surface area contributed by atoms with Crippen LogP contribution in [0.1, 0.15) is 38.3 Å². The van der Waals surface area contributed by atoms with E-state index in [0.717, 1.165) is 31.0 Å². The molecule has 0 aliphatic rings. The summed E-state index contributed by atoms with van der Waals surface area (Å²) < 4.78 is 0. The number of rotatable bonds is 7. The number of hydrogen-bond donors (Lipinski definition) is 2. The van der Waals surface area contributed by atoms with E-state index in [1.165, 1.54) is 5.56 Å². The van der Waals surface area contributed by atoms with Crippen molar-refractivity contribution in [3.63, 3.8) is 0 Å². The summed E-state index contributed by atoms with van der Waals surface area (Å²) >= 11 is 0. The molecule has 1 heterocycles. The molecule has 1 aromatic heterocycles. The zero-order valence-corrected chi connectivity index (χ0v) is 12.1. The first-order valence-electron chi connectivity index (χ1n) is 7.21. The molecule has 0 radical (unpaired) electrons. The zero-order chi connectivity index (χ0) is 14.2. The highest BCUT2D eigenvalue weighted by Gasteiger charge is 2.09.